The first-order chi connectivity index (χ1) is 24.9. The molecule has 0 aliphatic carbocycles. The lowest BCUT2D eigenvalue weighted by molar-refractivity contribution is -0.141. The fourth-order valence-electron chi connectivity index (χ4n) is 5.06. The van der Waals surface area contributed by atoms with Crippen molar-refractivity contribution in [2.45, 2.75) is 109 Å². The second kappa shape index (κ2) is 23.5. The molecule has 18 nitrogen and oxygen atoms in total. The van der Waals surface area contributed by atoms with Crippen molar-refractivity contribution in [3.05, 3.63) is 35.9 Å². The third kappa shape index (κ3) is 17.3. The molecule has 0 fully saturated rings. The van der Waals surface area contributed by atoms with E-state index in [0.717, 1.165) is 6.42 Å². The Hall–Kier alpha value is -5.10. The molecule has 0 aliphatic heterocycles. The van der Waals surface area contributed by atoms with Gasteiger partial charge in [-0.2, -0.15) is 0 Å². The first kappa shape index (κ1) is 45.9. The molecule has 0 saturated heterocycles. The highest BCUT2D eigenvalue weighted by Crippen LogP contribution is 2.10. The van der Waals surface area contributed by atoms with Crippen LogP contribution in [0.2, 0.25) is 0 Å². The van der Waals surface area contributed by atoms with Crippen LogP contribution >= 0.6 is 0 Å². The van der Waals surface area contributed by atoms with Crippen LogP contribution in [-0.2, 0) is 44.8 Å². The van der Waals surface area contributed by atoms with E-state index in [-0.39, 0.29) is 18.8 Å². The summed E-state index contributed by atoms with van der Waals surface area (Å²) in [4.78, 5) is 102. The number of nitrogens with two attached hydrogens (primary N) is 2. The molecule has 12 N–H and O–H groups in total. The quantitative estimate of drug-likeness (QED) is 0.0548. The van der Waals surface area contributed by atoms with E-state index >= 15 is 0 Å². The van der Waals surface area contributed by atoms with E-state index in [1.54, 1.807) is 44.2 Å². The Morgan fingerprint density at radius 1 is 0.736 bits per heavy atom. The maximum absolute atomic E-state index is 13.7. The number of aliphatic carboxylic acids is 1. The predicted molar refractivity (Wildman–Crippen MR) is 193 cm³/mol. The Morgan fingerprint density at radius 2 is 1.30 bits per heavy atom. The van der Waals surface area contributed by atoms with E-state index in [9.17, 15) is 48.6 Å². The maximum atomic E-state index is 13.7. The van der Waals surface area contributed by atoms with Gasteiger partial charge in [-0.3, -0.25) is 38.4 Å². The molecule has 0 aliphatic rings. The first-order valence-corrected chi connectivity index (χ1v) is 17.6. The Labute approximate surface area is 309 Å². The van der Waals surface area contributed by atoms with Crippen LogP contribution in [0.25, 0.3) is 0 Å². The standard InChI is InChI=1S/C35H56N8O10/c1-6-7-13-23(30(37)48)40-32(50)24(14-19(2)3)39-27(45)17-38-35(53)29(20(4)5)43-34(52)25(15-21-11-9-8-10-12-21)42-33(51)26(16-28(46)47)41-31(49)22(36)18-44/h8-12,19-20,22-26,29,44H,6-7,13-18,36H2,1-5H3,(H2,37,48)(H,38,53)(H,39,45)(H,40,50)(H,41,49)(H,42,51)(H,43,52)(H,46,47)/t22-,23-,24-,25+,26-,29-/m0/s1. The van der Waals surface area contributed by atoms with Crippen molar-refractivity contribution in [3.63, 3.8) is 0 Å². The molecule has 0 radical (unpaired) electrons. The van der Waals surface area contributed by atoms with Crippen LogP contribution < -0.4 is 43.4 Å². The molecule has 296 valence electrons. The molecule has 0 spiro atoms. The second-order valence-corrected chi connectivity index (χ2v) is 13.5. The van der Waals surface area contributed by atoms with Gasteiger partial charge in [0.05, 0.1) is 19.6 Å². The first-order valence-electron chi connectivity index (χ1n) is 17.6. The summed E-state index contributed by atoms with van der Waals surface area (Å²) in [6.07, 6.45) is 1.05. The molecule has 1 rings (SSSR count). The van der Waals surface area contributed by atoms with Gasteiger partial charge in [-0.1, -0.05) is 77.8 Å². The van der Waals surface area contributed by atoms with Gasteiger partial charge in [-0.15, -0.1) is 0 Å². The van der Waals surface area contributed by atoms with Crippen LogP contribution in [0.4, 0.5) is 0 Å². The lowest BCUT2D eigenvalue weighted by Gasteiger charge is -2.27. The summed E-state index contributed by atoms with van der Waals surface area (Å²) in [5.41, 5.74) is 11.6. The minimum Gasteiger partial charge on any atom is -0.481 e. The molecule has 0 aromatic heterocycles. The number of carboxylic acid groups (broad SMARTS) is 1. The number of hydrogen-bond acceptors (Lipinski definition) is 10. The van der Waals surface area contributed by atoms with Gasteiger partial charge in [-0.25, -0.2) is 0 Å². The number of benzene rings is 1. The smallest absolute Gasteiger partial charge is 0.305 e. The summed E-state index contributed by atoms with van der Waals surface area (Å²) in [5, 5.41) is 33.4. The van der Waals surface area contributed by atoms with Crippen LogP contribution in [0.5, 0.6) is 0 Å². The zero-order valence-corrected chi connectivity index (χ0v) is 31.0. The van der Waals surface area contributed by atoms with Gasteiger partial charge in [0.2, 0.25) is 41.4 Å². The van der Waals surface area contributed by atoms with Gasteiger partial charge in [0.15, 0.2) is 0 Å². The van der Waals surface area contributed by atoms with Crippen molar-refractivity contribution >= 4 is 47.3 Å². The van der Waals surface area contributed by atoms with Gasteiger partial charge < -0.3 is 53.6 Å². The van der Waals surface area contributed by atoms with E-state index in [2.05, 4.69) is 31.9 Å². The Kier molecular flexibility index (Phi) is 20.3. The summed E-state index contributed by atoms with van der Waals surface area (Å²) in [7, 11) is 0. The van der Waals surface area contributed by atoms with E-state index in [0.29, 0.717) is 18.4 Å². The number of carbonyl (C=O) groups excluding carboxylic acids is 7. The normalized spacial score (nSPS) is 14.4. The van der Waals surface area contributed by atoms with Crippen molar-refractivity contribution < 1.29 is 48.6 Å². The lowest BCUT2D eigenvalue weighted by Crippen LogP contribution is -2.60. The number of unbranched alkanes of at least 4 members (excludes halogenated alkanes) is 1. The largest absolute Gasteiger partial charge is 0.481 e. The number of aliphatic hydroxyl groups excluding tert-OH is 1. The van der Waals surface area contributed by atoms with Crippen LogP contribution in [0, 0.1) is 11.8 Å². The van der Waals surface area contributed by atoms with Crippen molar-refractivity contribution in [1.82, 2.24) is 31.9 Å². The number of hydrogen-bond donors (Lipinski definition) is 10. The molecule has 6 atom stereocenters. The van der Waals surface area contributed by atoms with Gasteiger partial charge in [0.1, 0.15) is 36.3 Å². The molecule has 1 aromatic carbocycles. The molecule has 0 saturated carbocycles. The number of carboxylic acids is 1. The van der Waals surface area contributed by atoms with E-state index in [4.69, 9.17) is 11.5 Å². The fourth-order valence-corrected chi connectivity index (χ4v) is 5.06. The third-order valence-corrected chi connectivity index (χ3v) is 8.00. The Morgan fingerprint density at radius 3 is 1.83 bits per heavy atom. The average Bonchev–Trinajstić information content (AvgIpc) is 3.09. The molecule has 7 amide bonds. The van der Waals surface area contributed by atoms with Crippen molar-refractivity contribution in [3.8, 4) is 0 Å². The highest BCUT2D eigenvalue weighted by atomic mass is 16.4. The number of primary amides is 1. The average molecular weight is 749 g/mol. The highest BCUT2D eigenvalue weighted by Gasteiger charge is 2.33. The van der Waals surface area contributed by atoms with E-state index in [1.807, 2.05) is 20.8 Å². The molecule has 1 aromatic rings. The zero-order chi connectivity index (χ0) is 40.2. The summed E-state index contributed by atoms with van der Waals surface area (Å²) in [6, 6.07) is 0.881. The van der Waals surface area contributed by atoms with Crippen LogP contribution in [-0.4, -0.2) is 107 Å². The molecule has 0 unspecified atom stereocenters. The SMILES string of the molecule is CCCC[C@H](NC(=O)[C@H](CC(C)C)NC(=O)CNC(=O)[C@@H](NC(=O)[C@@H](Cc1ccccc1)NC(=O)[C@H](CC(=O)O)NC(=O)[C@@H](N)CO)C(C)C)C(N)=O. The van der Waals surface area contributed by atoms with Crippen molar-refractivity contribution in [1.29, 1.82) is 0 Å². The minimum absolute atomic E-state index is 0.0260. The number of nitrogens with one attached hydrogen (secondary N) is 6. The number of amides is 7. The lowest BCUT2D eigenvalue weighted by atomic mass is 10.0. The summed E-state index contributed by atoms with van der Waals surface area (Å²) in [6.45, 7) is 7.55. The fraction of sp³-hybridized carbons (Fsp3) is 0.600. The van der Waals surface area contributed by atoms with Gasteiger partial charge in [0.25, 0.3) is 0 Å². The monoisotopic (exact) mass is 748 g/mol. The summed E-state index contributed by atoms with van der Waals surface area (Å²) >= 11 is 0. The van der Waals surface area contributed by atoms with E-state index in [1.165, 1.54) is 0 Å². The Bertz CT molecular complexity index is 1410. The van der Waals surface area contributed by atoms with Gasteiger partial charge in [0, 0.05) is 6.42 Å². The molecular weight excluding hydrogens is 692 g/mol. The zero-order valence-electron chi connectivity index (χ0n) is 31.0. The topological polar surface area (TPSA) is 301 Å². The predicted octanol–water partition coefficient (Wildman–Crippen LogP) is -2.06. The molecule has 0 bridgehead atoms. The highest BCUT2D eigenvalue weighted by molar-refractivity contribution is 5.97. The van der Waals surface area contributed by atoms with Crippen LogP contribution in [0.15, 0.2) is 30.3 Å². The maximum Gasteiger partial charge on any atom is 0.305 e. The Balaban J connectivity index is 3.12. The van der Waals surface area contributed by atoms with Gasteiger partial charge in [-0.05, 0) is 30.2 Å². The molecule has 18 heteroatoms. The third-order valence-electron chi connectivity index (χ3n) is 8.00. The summed E-state index contributed by atoms with van der Waals surface area (Å²) in [5.74, 6) is -7.59. The molecule has 53 heavy (non-hydrogen) atoms. The molecular formula is C35H56N8O10. The number of rotatable bonds is 24. The van der Waals surface area contributed by atoms with Crippen molar-refractivity contribution in [2.75, 3.05) is 13.2 Å². The minimum atomic E-state index is -1.66. The molecule has 0 heterocycles. The van der Waals surface area contributed by atoms with Crippen molar-refractivity contribution in [2.24, 2.45) is 23.3 Å². The van der Waals surface area contributed by atoms with Gasteiger partial charge >= 0.3 is 5.97 Å². The van der Waals surface area contributed by atoms with Crippen LogP contribution in [0.3, 0.4) is 0 Å². The number of aliphatic hydroxyl groups is 1. The summed E-state index contributed by atoms with van der Waals surface area (Å²) < 4.78 is 0. The second-order valence-electron chi connectivity index (χ2n) is 13.5. The van der Waals surface area contributed by atoms with E-state index < -0.39 is 109 Å². The number of carbonyl (C=O) groups is 8. The van der Waals surface area contributed by atoms with Crippen LogP contribution in [0.1, 0.15) is 72.3 Å².